The van der Waals surface area contributed by atoms with Gasteiger partial charge in [-0.25, -0.2) is 0 Å². The van der Waals surface area contributed by atoms with Crippen LogP contribution >= 0.6 is 25.3 Å². The molecule has 0 saturated heterocycles. The summed E-state index contributed by atoms with van der Waals surface area (Å²) in [6, 6.07) is 2.38. The molecule has 0 radical (unpaired) electrons. The molecule has 1 heterocycles. The van der Waals surface area contributed by atoms with Crippen molar-refractivity contribution in [3.63, 3.8) is 0 Å². The van der Waals surface area contributed by atoms with Gasteiger partial charge in [0.15, 0.2) is 0 Å². The van der Waals surface area contributed by atoms with Gasteiger partial charge in [0, 0.05) is 6.20 Å². The first kappa shape index (κ1) is 10.7. The van der Waals surface area contributed by atoms with Crippen LogP contribution in [0.25, 0.3) is 0 Å². The quantitative estimate of drug-likeness (QED) is 0.553. The Morgan fingerprint density at radius 1 is 1.31 bits per heavy atom. The fraction of sp³-hybridized carbons (Fsp3) is 0.286. The van der Waals surface area contributed by atoms with Crippen molar-refractivity contribution in [3.8, 4) is 0 Å². The molecule has 0 aromatic carbocycles. The van der Waals surface area contributed by atoms with Gasteiger partial charge in [0.25, 0.3) is 0 Å². The lowest BCUT2D eigenvalue weighted by Gasteiger charge is -2.08. The number of hydrogen-bond acceptors (Lipinski definition) is 3. The van der Waals surface area contributed by atoms with Crippen LogP contribution in [0.3, 0.4) is 0 Å². The van der Waals surface area contributed by atoms with E-state index in [1.54, 1.807) is 0 Å². The first-order chi connectivity index (χ1) is 5.91. The number of halogens is 3. The molecule has 0 aliphatic heterocycles. The number of hydrogen-bond donors (Lipinski definition) is 2. The van der Waals surface area contributed by atoms with E-state index in [0.29, 0.717) is 5.56 Å². The Morgan fingerprint density at radius 2 is 1.92 bits per heavy atom. The Labute approximate surface area is 84.2 Å². The first-order valence-corrected chi connectivity index (χ1v) is 4.34. The topological polar surface area (TPSA) is 12.9 Å². The largest absolute Gasteiger partial charge is 0.433 e. The summed E-state index contributed by atoms with van der Waals surface area (Å²) in [5, 5.41) is 0. The van der Waals surface area contributed by atoms with Crippen LogP contribution in [0.2, 0.25) is 0 Å². The maximum absolute atomic E-state index is 12.1. The van der Waals surface area contributed by atoms with E-state index in [1.165, 1.54) is 6.07 Å². The van der Waals surface area contributed by atoms with Gasteiger partial charge in [-0.05, 0) is 17.7 Å². The summed E-state index contributed by atoms with van der Waals surface area (Å²) >= 11 is 7.80. The third-order valence-electron chi connectivity index (χ3n) is 1.37. The van der Waals surface area contributed by atoms with Crippen molar-refractivity contribution in [3.05, 3.63) is 29.6 Å². The van der Waals surface area contributed by atoms with Crippen molar-refractivity contribution in [1.82, 2.24) is 4.98 Å². The van der Waals surface area contributed by atoms with Crippen LogP contribution in [0.5, 0.6) is 0 Å². The van der Waals surface area contributed by atoms with Crippen LogP contribution in [0.1, 0.15) is 15.8 Å². The second-order valence-electron chi connectivity index (χ2n) is 2.35. The van der Waals surface area contributed by atoms with Gasteiger partial charge < -0.3 is 0 Å². The van der Waals surface area contributed by atoms with E-state index in [2.05, 4.69) is 30.2 Å². The van der Waals surface area contributed by atoms with Crippen LogP contribution in [-0.2, 0) is 6.18 Å². The van der Waals surface area contributed by atoms with Gasteiger partial charge in [-0.2, -0.15) is 38.4 Å². The lowest BCUT2D eigenvalue weighted by molar-refractivity contribution is -0.141. The maximum Gasteiger partial charge on any atom is 0.433 e. The first-order valence-electron chi connectivity index (χ1n) is 3.30. The van der Waals surface area contributed by atoms with Gasteiger partial charge in [-0.3, -0.25) is 4.98 Å². The highest BCUT2D eigenvalue weighted by Gasteiger charge is 2.32. The second kappa shape index (κ2) is 3.79. The minimum Gasteiger partial charge on any atom is -0.252 e. The van der Waals surface area contributed by atoms with Gasteiger partial charge in [0.1, 0.15) is 5.69 Å². The smallest absolute Gasteiger partial charge is 0.252 e. The molecular weight excluding hydrogens is 219 g/mol. The highest BCUT2D eigenvalue weighted by Crippen LogP contribution is 2.31. The summed E-state index contributed by atoms with van der Waals surface area (Å²) in [5.41, 5.74) is -0.535. The van der Waals surface area contributed by atoms with Crippen molar-refractivity contribution >= 4 is 25.3 Å². The normalized spacial score (nSPS) is 12.2. The van der Waals surface area contributed by atoms with Gasteiger partial charge in [0.2, 0.25) is 0 Å². The molecule has 72 valence electrons. The zero-order chi connectivity index (χ0) is 10.1. The van der Waals surface area contributed by atoms with E-state index < -0.39 is 16.5 Å². The van der Waals surface area contributed by atoms with E-state index in [1.807, 2.05) is 0 Å². The Balaban J connectivity index is 3.06. The van der Waals surface area contributed by atoms with Crippen LogP contribution in [0.15, 0.2) is 18.3 Å². The Morgan fingerprint density at radius 3 is 2.38 bits per heavy atom. The fourth-order valence-electron chi connectivity index (χ4n) is 0.763. The van der Waals surface area contributed by atoms with E-state index in [-0.39, 0.29) is 0 Å². The summed E-state index contributed by atoms with van der Waals surface area (Å²) in [6.07, 6.45) is -3.32. The van der Waals surface area contributed by atoms with E-state index in [4.69, 9.17) is 0 Å². The van der Waals surface area contributed by atoms with Gasteiger partial charge in [-0.15, -0.1) is 0 Å². The maximum atomic E-state index is 12.1. The monoisotopic (exact) mass is 225 g/mol. The van der Waals surface area contributed by atoms with E-state index in [0.717, 1.165) is 12.3 Å². The van der Waals surface area contributed by atoms with Crippen molar-refractivity contribution in [1.29, 1.82) is 0 Å². The second-order valence-corrected chi connectivity index (χ2v) is 3.79. The van der Waals surface area contributed by atoms with Gasteiger partial charge in [-0.1, -0.05) is 0 Å². The molecule has 0 saturated carbocycles. The zero-order valence-corrected chi connectivity index (χ0v) is 8.07. The lowest BCUT2D eigenvalue weighted by atomic mass is 10.2. The molecular formula is C7H6F3NS2. The summed E-state index contributed by atoms with van der Waals surface area (Å²) in [7, 11) is 0. The van der Waals surface area contributed by atoms with Gasteiger partial charge in [0.05, 0.1) is 4.58 Å². The zero-order valence-electron chi connectivity index (χ0n) is 6.28. The number of aromatic nitrogens is 1. The fourth-order valence-corrected chi connectivity index (χ4v) is 1.08. The number of rotatable bonds is 1. The molecule has 0 aliphatic carbocycles. The molecule has 0 spiro atoms. The molecule has 1 rings (SSSR count). The SMILES string of the molecule is FC(F)(F)c1cc(C(S)S)ccn1. The van der Waals surface area contributed by atoms with Crippen LogP contribution in [-0.4, -0.2) is 4.98 Å². The van der Waals surface area contributed by atoms with Gasteiger partial charge >= 0.3 is 6.18 Å². The van der Waals surface area contributed by atoms with Crippen molar-refractivity contribution in [2.75, 3.05) is 0 Å². The molecule has 0 aliphatic rings. The van der Waals surface area contributed by atoms with Crippen LogP contribution in [0, 0.1) is 0 Å². The molecule has 6 heteroatoms. The molecule has 1 nitrogen and oxygen atoms in total. The summed E-state index contributed by atoms with van der Waals surface area (Å²) in [5.74, 6) is 0. The predicted molar refractivity (Wildman–Crippen MR) is 50.0 cm³/mol. The highest BCUT2D eigenvalue weighted by molar-refractivity contribution is 7.98. The standard InChI is InChI=1S/C7H6F3NS2/c8-7(9,10)5-3-4(6(12)13)1-2-11-5/h1-3,6,12-13H. The minimum atomic E-state index is -4.41. The molecule has 0 amide bonds. The molecule has 0 atom stereocenters. The molecule has 0 unspecified atom stereocenters. The third kappa shape index (κ3) is 2.80. The predicted octanol–water partition coefficient (Wildman–Crippen LogP) is 2.96. The Hall–Kier alpha value is -0.360. The number of pyridine rings is 1. The Kier molecular flexibility index (Phi) is 3.13. The molecule has 0 fully saturated rings. The number of thiol groups is 2. The lowest BCUT2D eigenvalue weighted by Crippen LogP contribution is -2.08. The van der Waals surface area contributed by atoms with Crippen molar-refractivity contribution < 1.29 is 13.2 Å². The number of alkyl halides is 3. The summed E-state index contributed by atoms with van der Waals surface area (Å²) in [6.45, 7) is 0. The summed E-state index contributed by atoms with van der Waals surface area (Å²) in [4.78, 5) is 3.20. The Bertz CT molecular complexity index is 298. The number of nitrogens with zero attached hydrogens (tertiary/aromatic N) is 1. The molecule has 1 aromatic heterocycles. The van der Waals surface area contributed by atoms with E-state index >= 15 is 0 Å². The third-order valence-corrected chi connectivity index (χ3v) is 1.97. The molecule has 1 aromatic rings. The van der Waals surface area contributed by atoms with Crippen LogP contribution < -0.4 is 0 Å². The van der Waals surface area contributed by atoms with Crippen LogP contribution in [0.4, 0.5) is 13.2 Å². The average Bonchev–Trinajstić information content (AvgIpc) is 2.03. The molecule has 0 N–H and O–H groups in total. The minimum absolute atomic E-state index is 0.383. The molecule has 13 heavy (non-hydrogen) atoms. The average molecular weight is 225 g/mol. The van der Waals surface area contributed by atoms with Crippen molar-refractivity contribution in [2.24, 2.45) is 0 Å². The highest BCUT2D eigenvalue weighted by atomic mass is 32.2. The molecule has 0 bridgehead atoms. The van der Waals surface area contributed by atoms with Crippen molar-refractivity contribution in [2.45, 2.75) is 10.8 Å². The summed E-state index contributed by atoms with van der Waals surface area (Å²) < 4.78 is 35.8. The van der Waals surface area contributed by atoms with E-state index in [9.17, 15) is 13.2 Å².